The van der Waals surface area contributed by atoms with Crippen LogP contribution >= 0.6 is 0 Å². The molecule has 1 N–H and O–H groups in total. The molecule has 3 nitrogen and oxygen atoms in total. The van der Waals surface area contributed by atoms with Crippen molar-refractivity contribution in [2.24, 2.45) is 5.92 Å². The molecule has 3 heteroatoms. The molecule has 1 aliphatic heterocycles. The first-order valence-corrected chi connectivity index (χ1v) is 8.21. The number of methoxy groups -OCH3 is 1. The Bertz CT molecular complexity index is 251. The van der Waals surface area contributed by atoms with Crippen molar-refractivity contribution in [3.05, 3.63) is 0 Å². The Morgan fingerprint density at radius 2 is 1.89 bits per heavy atom. The highest BCUT2D eigenvalue weighted by atomic mass is 16.5. The second kappa shape index (κ2) is 7.61. The number of likely N-dealkylation sites (tertiary alicyclic amines) is 1. The lowest BCUT2D eigenvalue weighted by Crippen LogP contribution is -2.48. The maximum atomic E-state index is 5.53. The first-order valence-electron chi connectivity index (χ1n) is 8.21. The van der Waals surface area contributed by atoms with Crippen molar-refractivity contribution in [3.63, 3.8) is 0 Å². The van der Waals surface area contributed by atoms with Gasteiger partial charge in [-0.25, -0.2) is 0 Å². The molecule has 3 atom stereocenters. The fraction of sp³-hybridized carbons (Fsp3) is 1.00. The fourth-order valence-corrected chi connectivity index (χ4v) is 3.69. The molecular weight excluding hydrogens is 236 g/mol. The van der Waals surface area contributed by atoms with Crippen LogP contribution in [0.2, 0.25) is 0 Å². The third-order valence-corrected chi connectivity index (χ3v) is 4.95. The van der Waals surface area contributed by atoms with Crippen molar-refractivity contribution in [1.82, 2.24) is 10.2 Å². The third kappa shape index (κ3) is 4.44. The van der Waals surface area contributed by atoms with Crippen LogP contribution in [0.5, 0.6) is 0 Å². The molecule has 0 bridgehead atoms. The van der Waals surface area contributed by atoms with Crippen LogP contribution in [0.15, 0.2) is 0 Å². The van der Waals surface area contributed by atoms with Crippen LogP contribution in [-0.4, -0.2) is 49.8 Å². The number of hydrogen-bond donors (Lipinski definition) is 1. The molecular formula is C16H32N2O. The van der Waals surface area contributed by atoms with E-state index < -0.39 is 0 Å². The zero-order valence-electron chi connectivity index (χ0n) is 13.0. The highest BCUT2D eigenvalue weighted by Gasteiger charge is 2.27. The van der Waals surface area contributed by atoms with Crippen molar-refractivity contribution < 1.29 is 4.74 Å². The van der Waals surface area contributed by atoms with Crippen LogP contribution in [-0.2, 0) is 4.74 Å². The Balaban J connectivity index is 1.78. The highest BCUT2D eigenvalue weighted by Crippen LogP contribution is 2.22. The second-order valence-electron chi connectivity index (χ2n) is 6.68. The average molecular weight is 268 g/mol. The maximum Gasteiger partial charge on any atom is 0.0586 e. The first kappa shape index (κ1) is 15.3. The van der Waals surface area contributed by atoms with Gasteiger partial charge < -0.3 is 10.1 Å². The monoisotopic (exact) mass is 268 g/mol. The number of ether oxygens (including phenoxy) is 1. The summed E-state index contributed by atoms with van der Waals surface area (Å²) in [4.78, 5) is 2.69. The summed E-state index contributed by atoms with van der Waals surface area (Å²) in [6, 6.07) is 1.38. The van der Waals surface area contributed by atoms with Crippen molar-refractivity contribution >= 4 is 0 Å². The Morgan fingerprint density at radius 3 is 2.53 bits per heavy atom. The summed E-state index contributed by atoms with van der Waals surface area (Å²) in [5.41, 5.74) is 0. The van der Waals surface area contributed by atoms with Crippen LogP contribution in [0.25, 0.3) is 0 Å². The van der Waals surface area contributed by atoms with E-state index >= 15 is 0 Å². The van der Waals surface area contributed by atoms with Gasteiger partial charge in [-0.15, -0.1) is 0 Å². The predicted molar refractivity (Wildman–Crippen MR) is 80.5 cm³/mol. The van der Waals surface area contributed by atoms with Gasteiger partial charge in [0.25, 0.3) is 0 Å². The normalized spacial score (nSPS) is 30.9. The topological polar surface area (TPSA) is 24.5 Å². The molecule has 2 rings (SSSR count). The molecule has 0 aromatic carbocycles. The Hall–Kier alpha value is -0.120. The van der Waals surface area contributed by atoms with Crippen molar-refractivity contribution in [2.75, 3.05) is 26.7 Å². The van der Waals surface area contributed by atoms with Gasteiger partial charge in [-0.3, -0.25) is 4.90 Å². The third-order valence-electron chi connectivity index (χ3n) is 4.95. The molecule has 0 aromatic rings. The maximum absolute atomic E-state index is 5.53. The average Bonchev–Trinajstić information content (AvgIpc) is 2.93. The summed E-state index contributed by atoms with van der Waals surface area (Å²) in [7, 11) is 1.86. The molecule has 19 heavy (non-hydrogen) atoms. The molecule has 0 spiro atoms. The number of nitrogens with one attached hydrogen (secondary N) is 1. The lowest BCUT2D eigenvalue weighted by atomic mass is 9.92. The van der Waals surface area contributed by atoms with Gasteiger partial charge in [0.2, 0.25) is 0 Å². The van der Waals surface area contributed by atoms with E-state index in [4.69, 9.17) is 4.74 Å². The summed E-state index contributed by atoms with van der Waals surface area (Å²) in [6.45, 7) is 8.48. The number of rotatable bonds is 6. The molecule has 1 heterocycles. The van der Waals surface area contributed by atoms with E-state index in [0.29, 0.717) is 18.2 Å². The van der Waals surface area contributed by atoms with Gasteiger partial charge >= 0.3 is 0 Å². The fourth-order valence-electron chi connectivity index (χ4n) is 3.69. The molecule has 1 aliphatic carbocycles. The zero-order valence-corrected chi connectivity index (χ0v) is 13.0. The molecule has 0 radical (unpaired) electrons. The van der Waals surface area contributed by atoms with Crippen LogP contribution in [0.4, 0.5) is 0 Å². The zero-order chi connectivity index (χ0) is 13.7. The minimum absolute atomic E-state index is 0.482. The smallest absolute Gasteiger partial charge is 0.0586 e. The van der Waals surface area contributed by atoms with E-state index in [0.717, 1.165) is 12.5 Å². The lowest BCUT2D eigenvalue weighted by Gasteiger charge is -2.35. The standard InChI is InChI=1S/C16H32N2O/c1-13(2)16(18-9-4-5-10-18)12-17-14-7-6-8-15(11-14)19-3/h13-17H,4-12H2,1-3H3. The van der Waals surface area contributed by atoms with E-state index in [1.165, 1.54) is 51.6 Å². The van der Waals surface area contributed by atoms with E-state index in [2.05, 4.69) is 24.1 Å². The van der Waals surface area contributed by atoms with E-state index in [-0.39, 0.29) is 0 Å². The number of hydrogen-bond acceptors (Lipinski definition) is 3. The first-order chi connectivity index (χ1) is 9.20. The van der Waals surface area contributed by atoms with Crippen LogP contribution in [0.3, 0.4) is 0 Å². The predicted octanol–water partition coefficient (Wildman–Crippen LogP) is 2.65. The van der Waals surface area contributed by atoms with Gasteiger partial charge in [-0.05, 0) is 57.5 Å². The van der Waals surface area contributed by atoms with Crippen molar-refractivity contribution in [3.8, 4) is 0 Å². The lowest BCUT2D eigenvalue weighted by molar-refractivity contribution is 0.0566. The van der Waals surface area contributed by atoms with Gasteiger partial charge in [-0.2, -0.15) is 0 Å². The SMILES string of the molecule is COC1CCCC(NCC(C(C)C)N2CCCC2)C1. The molecule has 3 unspecified atom stereocenters. The summed E-state index contributed by atoms with van der Waals surface area (Å²) in [6.07, 6.45) is 8.33. The second-order valence-corrected chi connectivity index (χ2v) is 6.68. The minimum atomic E-state index is 0.482. The van der Waals surface area contributed by atoms with Gasteiger partial charge in [-0.1, -0.05) is 13.8 Å². The Morgan fingerprint density at radius 1 is 1.16 bits per heavy atom. The van der Waals surface area contributed by atoms with Crippen LogP contribution in [0, 0.1) is 5.92 Å². The highest BCUT2D eigenvalue weighted by molar-refractivity contribution is 4.84. The van der Waals surface area contributed by atoms with Gasteiger partial charge in [0.05, 0.1) is 6.10 Å². The van der Waals surface area contributed by atoms with E-state index in [9.17, 15) is 0 Å². The Labute approximate surface area is 119 Å². The van der Waals surface area contributed by atoms with Crippen molar-refractivity contribution in [1.29, 1.82) is 0 Å². The largest absolute Gasteiger partial charge is 0.381 e. The van der Waals surface area contributed by atoms with Crippen LogP contribution in [0.1, 0.15) is 52.4 Å². The molecule has 0 aromatic heterocycles. The molecule has 112 valence electrons. The Kier molecular flexibility index (Phi) is 6.11. The van der Waals surface area contributed by atoms with Crippen LogP contribution < -0.4 is 5.32 Å². The van der Waals surface area contributed by atoms with E-state index in [1.807, 2.05) is 7.11 Å². The minimum Gasteiger partial charge on any atom is -0.381 e. The number of nitrogens with zero attached hydrogens (tertiary/aromatic N) is 1. The van der Waals surface area contributed by atoms with E-state index in [1.54, 1.807) is 0 Å². The van der Waals surface area contributed by atoms with Gasteiger partial charge in [0, 0.05) is 25.7 Å². The van der Waals surface area contributed by atoms with Gasteiger partial charge in [0.15, 0.2) is 0 Å². The summed E-state index contributed by atoms with van der Waals surface area (Å²) in [5, 5.41) is 3.82. The summed E-state index contributed by atoms with van der Waals surface area (Å²) < 4.78 is 5.53. The summed E-state index contributed by atoms with van der Waals surface area (Å²) >= 11 is 0. The molecule has 2 fully saturated rings. The van der Waals surface area contributed by atoms with Gasteiger partial charge in [0.1, 0.15) is 0 Å². The molecule has 2 aliphatic rings. The summed E-state index contributed by atoms with van der Waals surface area (Å²) in [5.74, 6) is 0.743. The van der Waals surface area contributed by atoms with Crippen molar-refractivity contribution in [2.45, 2.75) is 70.6 Å². The quantitative estimate of drug-likeness (QED) is 0.801. The molecule has 0 amide bonds. The molecule has 1 saturated carbocycles. The molecule has 1 saturated heterocycles.